The van der Waals surface area contributed by atoms with Crippen LogP contribution in [0.15, 0.2) is 12.3 Å². The first-order valence-corrected chi connectivity index (χ1v) is 5.24. The minimum Gasteiger partial charge on any atom is -0.481 e. The van der Waals surface area contributed by atoms with Crippen molar-refractivity contribution in [3.8, 4) is 0 Å². The van der Waals surface area contributed by atoms with Crippen molar-refractivity contribution < 1.29 is 9.90 Å². The summed E-state index contributed by atoms with van der Waals surface area (Å²) in [6.45, 7) is 6.82. The second kappa shape index (κ2) is 3.08. The van der Waals surface area contributed by atoms with Gasteiger partial charge in [-0.25, -0.2) is 0 Å². The Morgan fingerprint density at radius 3 is 2.80 bits per heavy atom. The van der Waals surface area contributed by atoms with Gasteiger partial charge in [0.25, 0.3) is 0 Å². The fourth-order valence-corrected chi connectivity index (χ4v) is 2.52. The summed E-state index contributed by atoms with van der Waals surface area (Å²) in [4.78, 5) is 11.1. The number of carbonyl (C=O) groups is 1. The highest BCUT2D eigenvalue weighted by molar-refractivity contribution is 5.77. The summed E-state index contributed by atoms with van der Waals surface area (Å²) < 4.78 is 1.88. The molecule has 1 aromatic rings. The molecule has 0 aliphatic heterocycles. The fourth-order valence-electron chi connectivity index (χ4n) is 2.52. The van der Waals surface area contributed by atoms with Gasteiger partial charge >= 0.3 is 5.97 Å². The van der Waals surface area contributed by atoms with Crippen molar-refractivity contribution in [2.24, 2.45) is 11.3 Å². The molecule has 0 amide bonds. The predicted octanol–water partition coefficient (Wildman–Crippen LogP) is 1.73. The molecule has 2 atom stereocenters. The maximum Gasteiger partial charge on any atom is 0.307 e. The zero-order valence-corrected chi connectivity index (χ0v) is 9.27. The Morgan fingerprint density at radius 1 is 1.67 bits per heavy atom. The molecular formula is C11H16N2O2. The molecule has 1 heterocycles. The monoisotopic (exact) mass is 208 g/mol. The van der Waals surface area contributed by atoms with Gasteiger partial charge in [0, 0.05) is 24.4 Å². The average Bonchev–Trinajstić information content (AvgIpc) is 2.58. The molecule has 0 bridgehead atoms. The lowest BCUT2D eigenvalue weighted by molar-refractivity contribution is -0.139. The number of aromatic nitrogens is 2. The van der Waals surface area contributed by atoms with E-state index in [0.717, 1.165) is 12.2 Å². The molecule has 1 aliphatic carbocycles. The van der Waals surface area contributed by atoms with E-state index in [4.69, 9.17) is 5.11 Å². The normalized spacial score (nSPS) is 27.7. The molecule has 1 saturated carbocycles. The van der Waals surface area contributed by atoms with Gasteiger partial charge in [0.15, 0.2) is 0 Å². The Kier molecular flexibility index (Phi) is 2.10. The Morgan fingerprint density at radius 2 is 2.33 bits per heavy atom. The number of carboxylic acid groups (broad SMARTS) is 1. The molecule has 1 aromatic heterocycles. The molecule has 2 rings (SSSR count). The van der Waals surface area contributed by atoms with Crippen molar-refractivity contribution in [3.63, 3.8) is 0 Å². The lowest BCUT2D eigenvalue weighted by Gasteiger charge is -2.05. The highest BCUT2D eigenvalue weighted by Crippen LogP contribution is 2.64. The quantitative estimate of drug-likeness (QED) is 0.823. The number of hydrogen-bond donors (Lipinski definition) is 1. The summed E-state index contributed by atoms with van der Waals surface area (Å²) >= 11 is 0. The van der Waals surface area contributed by atoms with Gasteiger partial charge in [0.05, 0.1) is 5.92 Å². The van der Waals surface area contributed by atoms with Crippen LogP contribution in [0.4, 0.5) is 0 Å². The van der Waals surface area contributed by atoms with E-state index < -0.39 is 5.97 Å². The van der Waals surface area contributed by atoms with Crippen LogP contribution in [0.3, 0.4) is 0 Å². The fraction of sp³-hybridized carbons (Fsp3) is 0.636. The van der Waals surface area contributed by atoms with Gasteiger partial charge in [-0.3, -0.25) is 9.48 Å². The van der Waals surface area contributed by atoms with Gasteiger partial charge in [0.1, 0.15) is 0 Å². The molecule has 82 valence electrons. The van der Waals surface area contributed by atoms with Gasteiger partial charge in [-0.15, -0.1) is 0 Å². The molecule has 1 N–H and O–H groups in total. The Labute approximate surface area is 88.9 Å². The maximum atomic E-state index is 11.1. The molecule has 0 radical (unpaired) electrons. The Hall–Kier alpha value is -1.32. The number of aliphatic carboxylic acids is 1. The van der Waals surface area contributed by atoms with Crippen LogP contribution in [0.1, 0.15) is 32.4 Å². The standard InChI is InChI=1S/C11H16N2O2/c1-4-13-7(5-6-12-13)8-9(10(14)15)11(8,2)3/h5-6,8-9H,4H2,1-3H3,(H,14,15)/t8-,9+/m0/s1. The third kappa shape index (κ3) is 1.35. The van der Waals surface area contributed by atoms with Gasteiger partial charge in [-0.05, 0) is 18.4 Å². The van der Waals surface area contributed by atoms with Crippen molar-refractivity contribution in [2.45, 2.75) is 33.2 Å². The average molecular weight is 208 g/mol. The second-order valence-electron chi connectivity index (χ2n) is 4.69. The van der Waals surface area contributed by atoms with E-state index in [0.29, 0.717) is 0 Å². The van der Waals surface area contributed by atoms with Crippen LogP contribution >= 0.6 is 0 Å². The van der Waals surface area contributed by atoms with Crippen molar-refractivity contribution in [2.75, 3.05) is 0 Å². The first-order chi connectivity index (χ1) is 7.00. The van der Waals surface area contributed by atoms with Crippen molar-refractivity contribution in [3.05, 3.63) is 18.0 Å². The Balaban J connectivity index is 2.31. The van der Waals surface area contributed by atoms with Crippen LogP contribution in [-0.2, 0) is 11.3 Å². The van der Waals surface area contributed by atoms with Crippen LogP contribution in [0.2, 0.25) is 0 Å². The highest BCUT2D eigenvalue weighted by atomic mass is 16.4. The van der Waals surface area contributed by atoms with Crippen molar-refractivity contribution in [1.29, 1.82) is 0 Å². The largest absolute Gasteiger partial charge is 0.481 e. The van der Waals surface area contributed by atoms with E-state index >= 15 is 0 Å². The molecule has 15 heavy (non-hydrogen) atoms. The van der Waals surface area contributed by atoms with E-state index in [2.05, 4.69) is 5.10 Å². The SMILES string of the molecule is CCn1nccc1[C@H]1[C@H](C(=O)O)C1(C)C. The minimum atomic E-state index is -0.700. The van der Waals surface area contributed by atoms with Crippen LogP contribution < -0.4 is 0 Å². The number of carboxylic acids is 1. The number of nitrogens with zero attached hydrogens (tertiary/aromatic N) is 2. The summed E-state index contributed by atoms with van der Waals surface area (Å²) in [5.41, 5.74) is 0.911. The molecule has 0 saturated heterocycles. The summed E-state index contributed by atoms with van der Waals surface area (Å²) in [6, 6.07) is 1.93. The highest BCUT2D eigenvalue weighted by Gasteiger charge is 2.63. The van der Waals surface area contributed by atoms with Crippen LogP contribution in [0.25, 0.3) is 0 Å². The summed E-state index contributed by atoms with van der Waals surface area (Å²) in [6.07, 6.45) is 1.74. The van der Waals surface area contributed by atoms with Gasteiger partial charge < -0.3 is 5.11 Å². The summed E-state index contributed by atoms with van der Waals surface area (Å²) in [5, 5.41) is 13.3. The van der Waals surface area contributed by atoms with Gasteiger partial charge in [-0.1, -0.05) is 13.8 Å². The van der Waals surface area contributed by atoms with E-state index in [-0.39, 0.29) is 17.3 Å². The van der Waals surface area contributed by atoms with Crippen LogP contribution in [0.5, 0.6) is 0 Å². The minimum absolute atomic E-state index is 0.109. The van der Waals surface area contributed by atoms with E-state index in [9.17, 15) is 4.79 Å². The summed E-state index contributed by atoms with van der Waals surface area (Å²) in [7, 11) is 0. The van der Waals surface area contributed by atoms with Gasteiger partial charge in [0.2, 0.25) is 0 Å². The number of hydrogen-bond acceptors (Lipinski definition) is 2. The first kappa shape index (κ1) is 10.2. The zero-order chi connectivity index (χ0) is 11.2. The number of rotatable bonds is 3. The molecule has 0 spiro atoms. The van der Waals surface area contributed by atoms with E-state index in [1.54, 1.807) is 6.20 Å². The molecule has 1 aliphatic rings. The van der Waals surface area contributed by atoms with E-state index in [1.807, 2.05) is 31.5 Å². The molecule has 4 heteroatoms. The molecule has 4 nitrogen and oxygen atoms in total. The second-order valence-corrected chi connectivity index (χ2v) is 4.69. The molecule has 0 unspecified atom stereocenters. The van der Waals surface area contributed by atoms with Crippen LogP contribution in [0, 0.1) is 11.3 Å². The van der Waals surface area contributed by atoms with Crippen molar-refractivity contribution >= 4 is 5.97 Å². The topological polar surface area (TPSA) is 55.1 Å². The molecule has 1 fully saturated rings. The summed E-state index contributed by atoms with van der Waals surface area (Å²) in [5.74, 6) is -0.856. The Bertz CT molecular complexity index is 395. The first-order valence-electron chi connectivity index (χ1n) is 5.24. The smallest absolute Gasteiger partial charge is 0.307 e. The van der Waals surface area contributed by atoms with E-state index in [1.165, 1.54) is 0 Å². The zero-order valence-electron chi connectivity index (χ0n) is 9.27. The lowest BCUT2D eigenvalue weighted by atomic mass is 10.1. The molecule has 0 aromatic carbocycles. The molecular weight excluding hydrogens is 192 g/mol. The third-order valence-corrected chi connectivity index (χ3v) is 3.46. The number of aryl methyl sites for hydroxylation is 1. The lowest BCUT2D eigenvalue weighted by Crippen LogP contribution is -2.04. The maximum absolute atomic E-state index is 11.1. The third-order valence-electron chi connectivity index (χ3n) is 3.46. The predicted molar refractivity (Wildman–Crippen MR) is 55.5 cm³/mol. The van der Waals surface area contributed by atoms with Crippen molar-refractivity contribution in [1.82, 2.24) is 9.78 Å². The van der Waals surface area contributed by atoms with Crippen LogP contribution in [-0.4, -0.2) is 20.9 Å². The van der Waals surface area contributed by atoms with Gasteiger partial charge in [-0.2, -0.15) is 5.10 Å².